The number of rotatable bonds is 3. The SMILES string of the molecule is OC1c2ccccc2C(CC(O)C2CCCCC2)n2cncc21. The molecule has 2 N–H and O–H groups in total. The van der Waals surface area contributed by atoms with Crippen molar-refractivity contribution in [3.63, 3.8) is 0 Å². The molecule has 0 amide bonds. The Morgan fingerprint density at radius 1 is 1.13 bits per heavy atom. The van der Waals surface area contributed by atoms with E-state index < -0.39 is 6.10 Å². The van der Waals surface area contributed by atoms with Gasteiger partial charge in [0, 0.05) is 0 Å². The Morgan fingerprint density at radius 3 is 2.65 bits per heavy atom. The molecule has 2 heterocycles. The Morgan fingerprint density at radius 2 is 1.87 bits per heavy atom. The zero-order valence-electron chi connectivity index (χ0n) is 13.3. The smallest absolute Gasteiger partial charge is 0.121 e. The standard InChI is InChI=1S/C19H24N2O2/c22-18(13-6-2-1-3-7-13)10-16-14-8-4-5-9-15(14)19(23)17-11-20-12-21(16)17/h4-5,8-9,11-13,16,18-19,22-23H,1-3,6-7,10H2. The van der Waals surface area contributed by atoms with E-state index in [2.05, 4.69) is 11.1 Å². The first-order valence-corrected chi connectivity index (χ1v) is 8.72. The number of benzene rings is 1. The molecule has 1 fully saturated rings. The van der Waals surface area contributed by atoms with Gasteiger partial charge in [-0.05, 0) is 36.3 Å². The van der Waals surface area contributed by atoms with Gasteiger partial charge >= 0.3 is 0 Å². The fourth-order valence-corrected chi connectivity index (χ4v) is 4.34. The van der Waals surface area contributed by atoms with E-state index in [1.807, 2.05) is 22.8 Å². The molecule has 0 radical (unpaired) electrons. The predicted molar refractivity (Wildman–Crippen MR) is 88.1 cm³/mol. The van der Waals surface area contributed by atoms with Crippen LogP contribution < -0.4 is 0 Å². The lowest BCUT2D eigenvalue weighted by molar-refractivity contribution is 0.0651. The van der Waals surface area contributed by atoms with Crippen molar-refractivity contribution in [1.82, 2.24) is 9.55 Å². The number of aliphatic hydroxyl groups excluding tert-OH is 2. The molecule has 1 aromatic carbocycles. The number of nitrogens with zero attached hydrogens (tertiary/aromatic N) is 2. The largest absolute Gasteiger partial charge is 0.393 e. The third-order valence-corrected chi connectivity index (χ3v) is 5.62. The Kier molecular flexibility index (Phi) is 3.95. The maximum absolute atomic E-state index is 10.8. The van der Waals surface area contributed by atoms with E-state index in [9.17, 15) is 10.2 Å². The maximum atomic E-state index is 10.8. The third-order valence-electron chi connectivity index (χ3n) is 5.62. The molecule has 3 atom stereocenters. The summed E-state index contributed by atoms with van der Waals surface area (Å²) in [5, 5.41) is 21.4. The van der Waals surface area contributed by atoms with Crippen LogP contribution in [0.3, 0.4) is 0 Å². The monoisotopic (exact) mass is 312 g/mol. The molecule has 1 saturated carbocycles. The van der Waals surface area contributed by atoms with Crippen LogP contribution in [-0.2, 0) is 0 Å². The summed E-state index contributed by atoms with van der Waals surface area (Å²) < 4.78 is 2.04. The molecule has 4 nitrogen and oxygen atoms in total. The van der Waals surface area contributed by atoms with Crippen LogP contribution in [0.25, 0.3) is 0 Å². The van der Waals surface area contributed by atoms with Gasteiger partial charge in [-0.25, -0.2) is 4.98 Å². The van der Waals surface area contributed by atoms with Crippen LogP contribution in [0.1, 0.15) is 67.5 Å². The molecular weight excluding hydrogens is 288 g/mol. The molecule has 1 aliphatic heterocycles. The van der Waals surface area contributed by atoms with Gasteiger partial charge in [0.25, 0.3) is 0 Å². The Bertz CT molecular complexity index is 676. The molecule has 4 rings (SSSR count). The zero-order valence-corrected chi connectivity index (χ0v) is 13.3. The van der Waals surface area contributed by atoms with Crippen LogP contribution in [-0.4, -0.2) is 25.9 Å². The number of imidazole rings is 1. The number of aromatic nitrogens is 2. The van der Waals surface area contributed by atoms with Gasteiger partial charge in [-0.3, -0.25) is 0 Å². The molecule has 122 valence electrons. The van der Waals surface area contributed by atoms with Crippen LogP contribution in [0, 0.1) is 5.92 Å². The second-order valence-corrected chi connectivity index (χ2v) is 6.97. The summed E-state index contributed by atoms with van der Waals surface area (Å²) in [5.41, 5.74) is 2.88. The first kappa shape index (κ1) is 14.9. The van der Waals surface area contributed by atoms with Crippen molar-refractivity contribution in [3.8, 4) is 0 Å². The molecule has 3 unspecified atom stereocenters. The van der Waals surface area contributed by atoms with Gasteiger partial charge in [0.1, 0.15) is 6.10 Å². The lowest BCUT2D eigenvalue weighted by Crippen LogP contribution is -2.30. The number of aliphatic hydroxyl groups is 2. The van der Waals surface area contributed by atoms with Gasteiger partial charge < -0.3 is 14.8 Å². The van der Waals surface area contributed by atoms with Crippen LogP contribution in [0.4, 0.5) is 0 Å². The molecule has 0 bridgehead atoms. The summed E-state index contributed by atoms with van der Waals surface area (Å²) in [6, 6.07) is 8.08. The van der Waals surface area contributed by atoms with Crippen LogP contribution in [0.5, 0.6) is 0 Å². The summed E-state index contributed by atoms with van der Waals surface area (Å²) in [4.78, 5) is 4.23. The summed E-state index contributed by atoms with van der Waals surface area (Å²) >= 11 is 0. The van der Waals surface area contributed by atoms with E-state index >= 15 is 0 Å². The number of hydrogen-bond donors (Lipinski definition) is 2. The van der Waals surface area contributed by atoms with E-state index in [1.165, 1.54) is 19.3 Å². The molecule has 0 spiro atoms. The highest BCUT2D eigenvalue weighted by Gasteiger charge is 2.33. The van der Waals surface area contributed by atoms with Gasteiger partial charge in [0.15, 0.2) is 0 Å². The van der Waals surface area contributed by atoms with E-state index in [1.54, 1.807) is 12.5 Å². The molecule has 1 aliphatic carbocycles. The van der Waals surface area contributed by atoms with Gasteiger partial charge in [0.05, 0.1) is 30.4 Å². The summed E-state index contributed by atoms with van der Waals surface area (Å²) in [5.74, 6) is 0.412. The van der Waals surface area contributed by atoms with E-state index in [0.717, 1.165) is 29.7 Å². The van der Waals surface area contributed by atoms with Crippen LogP contribution in [0.15, 0.2) is 36.8 Å². The Balaban J connectivity index is 1.65. The lowest BCUT2D eigenvalue weighted by Gasteiger charge is -2.35. The summed E-state index contributed by atoms with van der Waals surface area (Å²) in [7, 11) is 0. The highest BCUT2D eigenvalue weighted by atomic mass is 16.3. The minimum atomic E-state index is -0.628. The Labute approximate surface area is 136 Å². The minimum Gasteiger partial charge on any atom is -0.393 e. The molecule has 0 saturated heterocycles. The molecule has 23 heavy (non-hydrogen) atoms. The van der Waals surface area contributed by atoms with Gasteiger partial charge in [-0.1, -0.05) is 43.5 Å². The third kappa shape index (κ3) is 2.60. The Hall–Kier alpha value is -1.65. The first-order chi connectivity index (χ1) is 11.3. The van der Waals surface area contributed by atoms with Crippen molar-refractivity contribution in [3.05, 3.63) is 53.6 Å². The maximum Gasteiger partial charge on any atom is 0.121 e. The highest BCUT2D eigenvalue weighted by Crippen LogP contribution is 2.40. The first-order valence-electron chi connectivity index (χ1n) is 8.72. The molecular formula is C19H24N2O2. The molecule has 4 heteroatoms. The molecule has 2 aliphatic rings. The molecule has 2 aromatic rings. The minimum absolute atomic E-state index is 0.0593. The summed E-state index contributed by atoms with van der Waals surface area (Å²) in [6.45, 7) is 0. The highest BCUT2D eigenvalue weighted by molar-refractivity contribution is 5.40. The second kappa shape index (κ2) is 6.10. The quantitative estimate of drug-likeness (QED) is 0.915. The average Bonchev–Trinajstić information content (AvgIpc) is 3.09. The van der Waals surface area contributed by atoms with Crippen molar-refractivity contribution in [2.24, 2.45) is 5.92 Å². The van der Waals surface area contributed by atoms with Gasteiger partial charge in [0.2, 0.25) is 0 Å². The van der Waals surface area contributed by atoms with Crippen LogP contribution >= 0.6 is 0 Å². The summed E-state index contributed by atoms with van der Waals surface area (Å²) in [6.07, 6.45) is 9.33. The van der Waals surface area contributed by atoms with E-state index in [4.69, 9.17) is 0 Å². The van der Waals surface area contributed by atoms with Crippen molar-refractivity contribution in [1.29, 1.82) is 0 Å². The van der Waals surface area contributed by atoms with Crippen molar-refractivity contribution in [2.45, 2.75) is 56.8 Å². The lowest BCUT2D eigenvalue weighted by atomic mass is 9.80. The average molecular weight is 312 g/mol. The zero-order chi connectivity index (χ0) is 15.8. The predicted octanol–water partition coefficient (Wildman–Crippen LogP) is 3.20. The topological polar surface area (TPSA) is 58.3 Å². The van der Waals surface area contributed by atoms with Gasteiger partial charge in [-0.2, -0.15) is 0 Å². The number of hydrogen-bond acceptors (Lipinski definition) is 3. The van der Waals surface area contributed by atoms with Crippen molar-refractivity contribution < 1.29 is 10.2 Å². The molecule has 1 aromatic heterocycles. The van der Waals surface area contributed by atoms with E-state index in [0.29, 0.717) is 12.3 Å². The van der Waals surface area contributed by atoms with Gasteiger partial charge in [-0.15, -0.1) is 0 Å². The van der Waals surface area contributed by atoms with E-state index in [-0.39, 0.29) is 12.1 Å². The number of fused-ring (bicyclic) bond motifs is 2. The normalized spacial score (nSPS) is 25.7. The van der Waals surface area contributed by atoms with Crippen LogP contribution in [0.2, 0.25) is 0 Å². The van der Waals surface area contributed by atoms with Crippen molar-refractivity contribution >= 4 is 0 Å². The second-order valence-electron chi connectivity index (χ2n) is 6.97. The van der Waals surface area contributed by atoms with Crippen molar-refractivity contribution in [2.75, 3.05) is 0 Å². The fourth-order valence-electron chi connectivity index (χ4n) is 4.34. The fraction of sp³-hybridized carbons (Fsp3) is 0.526.